The van der Waals surface area contributed by atoms with Gasteiger partial charge in [0.25, 0.3) is 0 Å². The maximum atomic E-state index is 12.1. The van der Waals surface area contributed by atoms with Crippen molar-refractivity contribution in [1.29, 1.82) is 0 Å². The van der Waals surface area contributed by atoms with Crippen LogP contribution in [0.5, 0.6) is 0 Å². The van der Waals surface area contributed by atoms with Gasteiger partial charge in [0.15, 0.2) is 12.4 Å². The van der Waals surface area contributed by atoms with Gasteiger partial charge >= 0.3 is 5.97 Å². The van der Waals surface area contributed by atoms with Crippen LogP contribution in [0, 0.1) is 0 Å². The van der Waals surface area contributed by atoms with E-state index >= 15 is 0 Å². The quantitative estimate of drug-likeness (QED) is 0.564. The first-order valence-electron chi connectivity index (χ1n) is 8.24. The Hall–Kier alpha value is -2.47. The van der Waals surface area contributed by atoms with Gasteiger partial charge in [-0.05, 0) is 59.5 Å². The van der Waals surface area contributed by atoms with Gasteiger partial charge in [-0.1, -0.05) is 0 Å². The number of carbonyl (C=O) groups is 3. The molecule has 0 N–H and O–H groups in total. The second kappa shape index (κ2) is 8.07. The Balaban J connectivity index is 1.47. The topological polar surface area (TPSA) is 63.7 Å². The van der Waals surface area contributed by atoms with Crippen molar-refractivity contribution in [2.24, 2.45) is 0 Å². The number of ether oxygens (including phenoxy) is 1. The summed E-state index contributed by atoms with van der Waals surface area (Å²) >= 11 is 1.59. The monoisotopic (exact) mass is 357 g/mol. The van der Waals surface area contributed by atoms with Gasteiger partial charge in [-0.15, -0.1) is 0 Å². The highest BCUT2D eigenvalue weighted by molar-refractivity contribution is 7.07. The van der Waals surface area contributed by atoms with Gasteiger partial charge in [-0.25, -0.2) is 0 Å². The number of nitrogens with zero attached hydrogens (tertiary/aromatic N) is 1. The number of hydrogen-bond acceptors (Lipinski definition) is 5. The normalized spacial score (nSPS) is 13.9. The van der Waals surface area contributed by atoms with Gasteiger partial charge in [0, 0.05) is 30.6 Å². The van der Waals surface area contributed by atoms with Gasteiger partial charge in [0.2, 0.25) is 5.91 Å². The Morgan fingerprint density at radius 1 is 1.16 bits per heavy atom. The van der Waals surface area contributed by atoms with Crippen LogP contribution in [0.3, 0.4) is 0 Å². The number of amides is 1. The molecule has 2 aromatic rings. The molecule has 1 saturated heterocycles. The Kier molecular flexibility index (Phi) is 5.60. The fourth-order valence-electron chi connectivity index (χ4n) is 2.73. The standard InChI is InChI=1S/C19H19NO4S/c21-17(12-24-19(23)8-3-14-9-11-25-13-14)15-4-6-16(7-5-15)20-10-1-2-18(20)22/h4-7,9,11,13H,1-3,8,10,12H2. The predicted octanol–water partition coefficient (Wildman–Crippen LogP) is 3.23. The molecule has 0 spiro atoms. The highest BCUT2D eigenvalue weighted by Crippen LogP contribution is 2.21. The third kappa shape index (κ3) is 4.54. The maximum Gasteiger partial charge on any atom is 0.306 e. The Bertz CT molecular complexity index is 752. The summed E-state index contributed by atoms with van der Waals surface area (Å²) < 4.78 is 5.05. The lowest BCUT2D eigenvalue weighted by atomic mass is 10.1. The van der Waals surface area contributed by atoms with Crippen molar-refractivity contribution in [3.63, 3.8) is 0 Å². The highest BCUT2D eigenvalue weighted by Gasteiger charge is 2.21. The van der Waals surface area contributed by atoms with Crippen LogP contribution in [-0.2, 0) is 20.7 Å². The van der Waals surface area contributed by atoms with Gasteiger partial charge in [0.1, 0.15) is 0 Å². The van der Waals surface area contributed by atoms with Crippen LogP contribution in [0.25, 0.3) is 0 Å². The number of esters is 1. The summed E-state index contributed by atoms with van der Waals surface area (Å²) in [6.45, 7) is 0.457. The van der Waals surface area contributed by atoms with Crippen molar-refractivity contribution in [3.8, 4) is 0 Å². The number of carbonyl (C=O) groups excluding carboxylic acids is 3. The van der Waals surface area contributed by atoms with Gasteiger partial charge in [0.05, 0.1) is 0 Å². The molecule has 0 atom stereocenters. The molecule has 0 unspecified atom stereocenters. The number of thiophene rings is 1. The van der Waals surface area contributed by atoms with E-state index in [0.717, 1.165) is 17.7 Å². The number of aryl methyl sites for hydroxylation is 1. The van der Waals surface area contributed by atoms with Crippen LogP contribution in [0.1, 0.15) is 35.2 Å². The van der Waals surface area contributed by atoms with E-state index in [2.05, 4.69) is 0 Å². The molecule has 0 saturated carbocycles. The fraction of sp³-hybridized carbons (Fsp3) is 0.316. The lowest BCUT2D eigenvalue weighted by molar-refractivity contribution is -0.142. The average molecular weight is 357 g/mol. The van der Waals surface area contributed by atoms with Gasteiger partial charge < -0.3 is 9.64 Å². The van der Waals surface area contributed by atoms with Crippen LogP contribution in [0.2, 0.25) is 0 Å². The van der Waals surface area contributed by atoms with Crippen LogP contribution in [0.15, 0.2) is 41.1 Å². The van der Waals surface area contributed by atoms with Crippen LogP contribution in [-0.4, -0.2) is 30.8 Å². The summed E-state index contributed by atoms with van der Waals surface area (Å²) in [5.74, 6) is -0.513. The summed E-state index contributed by atoms with van der Waals surface area (Å²) in [4.78, 5) is 37.3. The lowest BCUT2D eigenvalue weighted by Crippen LogP contribution is -2.23. The smallest absolute Gasteiger partial charge is 0.306 e. The summed E-state index contributed by atoms with van der Waals surface area (Å²) in [6, 6.07) is 8.82. The zero-order valence-corrected chi connectivity index (χ0v) is 14.6. The van der Waals surface area contributed by atoms with E-state index in [0.29, 0.717) is 24.9 Å². The number of benzene rings is 1. The molecule has 0 radical (unpaired) electrons. The number of hydrogen-bond donors (Lipinski definition) is 0. The number of Topliss-reactive ketones (excluding diaryl/α,β-unsaturated/α-hetero) is 1. The van der Waals surface area contributed by atoms with E-state index < -0.39 is 0 Å². The molecule has 25 heavy (non-hydrogen) atoms. The van der Waals surface area contributed by atoms with E-state index in [1.807, 2.05) is 16.8 Å². The first kappa shape index (κ1) is 17.4. The Morgan fingerprint density at radius 2 is 1.96 bits per heavy atom. The minimum absolute atomic E-state index is 0.110. The number of ketones is 1. The Morgan fingerprint density at radius 3 is 2.60 bits per heavy atom. The van der Waals surface area contributed by atoms with Crippen molar-refractivity contribution in [2.75, 3.05) is 18.1 Å². The minimum Gasteiger partial charge on any atom is -0.457 e. The van der Waals surface area contributed by atoms with Crippen molar-refractivity contribution in [3.05, 3.63) is 52.2 Å². The van der Waals surface area contributed by atoms with Gasteiger partial charge in [-0.2, -0.15) is 11.3 Å². The Labute approximate surface area is 150 Å². The van der Waals surface area contributed by atoms with E-state index in [-0.39, 0.29) is 30.7 Å². The molecule has 2 heterocycles. The molecule has 1 amide bonds. The first-order valence-corrected chi connectivity index (χ1v) is 9.18. The molecule has 1 fully saturated rings. The molecule has 3 rings (SSSR count). The largest absolute Gasteiger partial charge is 0.457 e. The number of anilines is 1. The van der Waals surface area contributed by atoms with Crippen LogP contribution < -0.4 is 4.90 Å². The van der Waals surface area contributed by atoms with Crippen LogP contribution in [0.4, 0.5) is 5.69 Å². The highest BCUT2D eigenvalue weighted by atomic mass is 32.1. The second-order valence-corrected chi connectivity index (χ2v) is 6.69. The van der Waals surface area contributed by atoms with Crippen molar-refractivity contribution < 1.29 is 19.1 Å². The fourth-order valence-corrected chi connectivity index (χ4v) is 3.43. The van der Waals surface area contributed by atoms with Crippen LogP contribution >= 0.6 is 11.3 Å². The van der Waals surface area contributed by atoms with E-state index in [4.69, 9.17) is 4.74 Å². The molecule has 1 aliphatic rings. The summed E-state index contributed by atoms with van der Waals surface area (Å²) in [6.07, 6.45) is 2.32. The molecule has 1 aromatic heterocycles. The number of rotatable bonds is 7. The third-order valence-corrected chi connectivity index (χ3v) is 4.87. The zero-order chi connectivity index (χ0) is 17.6. The second-order valence-electron chi connectivity index (χ2n) is 5.91. The van der Waals surface area contributed by atoms with E-state index in [1.54, 1.807) is 40.5 Å². The van der Waals surface area contributed by atoms with E-state index in [1.165, 1.54) is 0 Å². The van der Waals surface area contributed by atoms with Crippen molar-refractivity contribution in [2.45, 2.75) is 25.7 Å². The van der Waals surface area contributed by atoms with E-state index in [9.17, 15) is 14.4 Å². The third-order valence-electron chi connectivity index (χ3n) is 4.14. The molecule has 1 aliphatic heterocycles. The molecule has 130 valence electrons. The molecule has 1 aromatic carbocycles. The van der Waals surface area contributed by atoms with Crippen molar-refractivity contribution in [1.82, 2.24) is 0 Å². The van der Waals surface area contributed by atoms with Gasteiger partial charge in [-0.3, -0.25) is 14.4 Å². The molecule has 0 bridgehead atoms. The lowest BCUT2D eigenvalue weighted by Gasteiger charge is -2.15. The zero-order valence-electron chi connectivity index (χ0n) is 13.8. The van der Waals surface area contributed by atoms with Crippen molar-refractivity contribution >= 4 is 34.7 Å². The first-order chi connectivity index (χ1) is 12.1. The predicted molar refractivity (Wildman–Crippen MR) is 96.0 cm³/mol. The summed E-state index contributed by atoms with van der Waals surface area (Å²) in [5.41, 5.74) is 2.37. The average Bonchev–Trinajstić information content (AvgIpc) is 3.29. The summed E-state index contributed by atoms with van der Waals surface area (Å²) in [7, 11) is 0. The molecule has 6 heteroatoms. The summed E-state index contributed by atoms with van der Waals surface area (Å²) in [5, 5.41) is 3.95. The maximum absolute atomic E-state index is 12.1. The molecular weight excluding hydrogens is 338 g/mol. The molecule has 0 aliphatic carbocycles. The molecule has 5 nitrogen and oxygen atoms in total. The minimum atomic E-state index is -0.376. The molecular formula is C19H19NO4S. The SMILES string of the molecule is O=C(CCc1ccsc1)OCC(=O)c1ccc(N2CCCC2=O)cc1.